The van der Waals surface area contributed by atoms with Crippen LogP contribution in [0.15, 0.2) is 0 Å². The number of ether oxygens (including phenoxy) is 1. The van der Waals surface area contributed by atoms with E-state index in [4.69, 9.17) is 9.72 Å². The number of nitrogens with one attached hydrogen (secondary N) is 1. The lowest BCUT2D eigenvalue weighted by Gasteiger charge is -2.16. The van der Waals surface area contributed by atoms with E-state index in [0.29, 0.717) is 6.61 Å². The summed E-state index contributed by atoms with van der Waals surface area (Å²) in [7, 11) is 1.73. The largest absolute Gasteiger partial charge is 0.378 e. The molecule has 0 aliphatic carbocycles. The van der Waals surface area contributed by atoms with Crippen molar-refractivity contribution < 1.29 is 4.74 Å². The fourth-order valence-corrected chi connectivity index (χ4v) is 3.41. The Morgan fingerprint density at radius 3 is 2.68 bits per heavy atom. The van der Waals surface area contributed by atoms with Gasteiger partial charge in [-0.25, -0.2) is 4.98 Å². The van der Waals surface area contributed by atoms with Gasteiger partial charge in [0.05, 0.1) is 12.3 Å². The molecule has 3 nitrogen and oxygen atoms in total. The van der Waals surface area contributed by atoms with E-state index < -0.39 is 0 Å². The van der Waals surface area contributed by atoms with Gasteiger partial charge in [-0.05, 0) is 13.0 Å². The van der Waals surface area contributed by atoms with E-state index in [2.05, 4.69) is 33.0 Å². The minimum absolute atomic E-state index is 0.285. The van der Waals surface area contributed by atoms with Gasteiger partial charge in [-0.2, -0.15) is 0 Å². The molecule has 19 heavy (non-hydrogen) atoms. The first-order valence-corrected chi connectivity index (χ1v) is 8.57. The molecule has 0 fully saturated rings. The molecule has 0 aromatic carbocycles. The third-order valence-corrected chi connectivity index (χ3v) is 5.01. The van der Waals surface area contributed by atoms with E-state index in [1.165, 1.54) is 9.88 Å². The summed E-state index contributed by atoms with van der Waals surface area (Å²) >= 11 is 3.76. The number of nitrogens with zero attached hydrogens (tertiary/aromatic N) is 1. The summed E-state index contributed by atoms with van der Waals surface area (Å²) in [5, 5.41) is 4.65. The second kappa shape index (κ2) is 8.25. The van der Waals surface area contributed by atoms with Gasteiger partial charge >= 0.3 is 0 Å². The topological polar surface area (TPSA) is 34.2 Å². The first kappa shape index (κ1) is 17.0. The molecule has 0 radical (unpaired) electrons. The first-order chi connectivity index (χ1) is 8.96. The van der Waals surface area contributed by atoms with Crippen LogP contribution in [0, 0.1) is 0 Å². The van der Waals surface area contributed by atoms with Gasteiger partial charge in [0.15, 0.2) is 0 Å². The molecule has 5 heteroatoms. The Hall–Kier alpha value is -0.100. The number of rotatable bonds is 8. The highest BCUT2D eigenvalue weighted by Crippen LogP contribution is 2.30. The highest BCUT2D eigenvalue weighted by molar-refractivity contribution is 7.99. The third-order valence-electron chi connectivity index (χ3n) is 2.44. The van der Waals surface area contributed by atoms with Crippen LogP contribution in [0.5, 0.6) is 0 Å². The van der Waals surface area contributed by atoms with E-state index in [9.17, 15) is 0 Å². The Labute approximate surface area is 125 Å². The van der Waals surface area contributed by atoms with Crippen molar-refractivity contribution in [1.82, 2.24) is 10.3 Å². The maximum absolute atomic E-state index is 5.24. The molecule has 0 saturated heterocycles. The average molecular weight is 303 g/mol. The minimum atomic E-state index is 0.285. The van der Waals surface area contributed by atoms with Crippen molar-refractivity contribution in [3.63, 3.8) is 0 Å². The van der Waals surface area contributed by atoms with E-state index in [0.717, 1.165) is 31.0 Å². The van der Waals surface area contributed by atoms with Gasteiger partial charge in [0.1, 0.15) is 5.01 Å². The monoisotopic (exact) mass is 302 g/mol. The number of hydrogen-bond acceptors (Lipinski definition) is 5. The van der Waals surface area contributed by atoms with Crippen LogP contribution in [0.25, 0.3) is 0 Å². The molecule has 0 aliphatic heterocycles. The van der Waals surface area contributed by atoms with E-state index in [-0.39, 0.29) is 4.75 Å². The van der Waals surface area contributed by atoms with Gasteiger partial charge in [-0.15, -0.1) is 23.1 Å². The maximum Gasteiger partial charge on any atom is 0.103 e. The predicted molar refractivity (Wildman–Crippen MR) is 85.9 cm³/mol. The molecule has 1 rings (SSSR count). The number of thioether (sulfide) groups is 1. The summed E-state index contributed by atoms with van der Waals surface area (Å²) in [5.41, 5.74) is 1.10. The molecule has 1 heterocycles. The van der Waals surface area contributed by atoms with Gasteiger partial charge in [0.2, 0.25) is 0 Å². The molecule has 0 saturated carbocycles. The Morgan fingerprint density at radius 2 is 2.11 bits per heavy atom. The molecular weight excluding hydrogens is 276 g/mol. The molecule has 0 unspecified atom stereocenters. The van der Waals surface area contributed by atoms with Gasteiger partial charge in [0.25, 0.3) is 0 Å². The molecule has 0 spiro atoms. The number of methoxy groups -OCH3 is 1. The lowest BCUT2D eigenvalue weighted by atomic mass is 10.3. The minimum Gasteiger partial charge on any atom is -0.378 e. The van der Waals surface area contributed by atoms with Crippen molar-refractivity contribution in [2.45, 2.75) is 57.8 Å². The normalized spacial score (nSPS) is 12.1. The van der Waals surface area contributed by atoms with E-state index in [1.807, 2.05) is 23.1 Å². The zero-order valence-corrected chi connectivity index (χ0v) is 14.3. The molecule has 0 bridgehead atoms. The fourth-order valence-electron chi connectivity index (χ4n) is 1.54. The SMILES string of the molecule is CCCNCc1sc(CSC(C)(C)C)nc1COC. The number of hydrogen-bond donors (Lipinski definition) is 1. The molecule has 1 aromatic heterocycles. The zero-order valence-electron chi connectivity index (χ0n) is 12.7. The first-order valence-electron chi connectivity index (χ1n) is 6.77. The van der Waals surface area contributed by atoms with Crippen LogP contribution in [0.1, 0.15) is 49.7 Å². The second-order valence-corrected chi connectivity index (χ2v) is 8.46. The van der Waals surface area contributed by atoms with Crippen LogP contribution in [-0.4, -0.2) is 23.4 Å². The van der Waals surface area contributed by atoms with Crippen molar-refractivity contribution in [2.75, 3.05) is 13.7 Å². The standard InChI is InChI=1S/C14H26N2OS2/c1-6-7-15-8-12-11(9-17-5)16-13(19-12)10-18-14(2,3)4/h15H,6-10H2,1-5H3. The van der Waals surface area contributed by atoms with Crippen LogP contribution in [0.2, 0.25) is 0 Å². The van der Waals surface area contributed by atoms with Gasteiger partial charge in [0, 0.05) is 29.0 Å². The van der Waals surface area contributed by atoms with Crippen LogP contribution in [0.3, 0.4) is 0 Å². The highest BCUT2D eigenvalue weighted by Gasteiger charge is 2.15. The highest BCUT2D eigenvalue weighted by atomic mass is 32.2. The molecule has 1 N–H and O–H groups in total. The molecule has 0 amide bonds. The summed E-state index contributed by atoms with van der Waals surface area (Å²) in [4.78, 5) is 6.03. The zero-order chi connectivity index (χ0) is 14.3. The molecule has 1 aromatic rings. The molecule has 0 atom stereocenters. The predicted octanol–water partition coefficient (Wildman–Crippen LogP) is 3.82. The fraction of sp³-hybridized carbons (Fsp3) is 0.786. The Bertz CT molecular complexity index is 372. The number of thiazole rings is 1. The second-order valence-electron chi connectivity index (χ2n) is 5.49. The van der Waals surface area contributed by atoms with Gasteiger partial charge in [-0.3, -0.25) is 0 Å². The molecule has 0 aliphatic rings. The smallest absolute Gasteiger partial charge is 0.103 e. The van der Waals surface area contributed by atoms with Crippen LogP contribution in [0.4, 0.5) is 0 Å². The Balaban J connectivity index is 2.64. The van der Waals surface area contributed by atoms with Crippen LogP contribution < -0.4 is 5.32 Å². The summed E-state index contributed by atoms with van der Waals surface area (Å²) < 4.78 is 5.53. The Morgan fingerprint density at radius 1 is 1.37 bits per heavy atom. The van der Waals surface area contributed by atoms with Crippen molar-refractivity contribution in [2.24, 2.45) is 0 Å². The summed E-state index contributed by atoms with van der Waals surface area (Å²) in [6, 6.07) is 0. The maximum atomic E-state index is 5.24. The van der Waals surface area contributed by atoms with Gasteiger partial charge < -0.3 is 10.1 Å². The van der Waals surface area contributed by atoms with Crippen molar-refractivity contribution in [3.05, 3.63) is 15.6 Å². The average Bonchev–Trinajstić information content (AvgIpc) is 2.70. The van der Waals surface area contributed by atoms with Gasteiger partial charge in [-0.1, -0.05) is 27.7 Å². The van der Waals surface area contributed by atoms with Crippen LogP contribution >= 0.6 is 23.1 Å². The summed E-state index contributed by atoms with van der Waals surface area (Å²) in [6.45, 7) is 11.5. The van der Waals surface area contributed by atoms with E-state index >= 15 is 0 Å². The summed E-state index contributed by atoms with van der Waals surface area (Å²) in [5.74, 6) is 0.985. The lowest BCUT2D eigenvalue weighted by molar-refractivity contribution is 0.181. The molecular formula is C14H26N2OS2. The molecule has 110 valence electrons. The third kappa shape index (κ3) is 6.75. The quantitative estimate of drug-likeness (QED) is 0.740. The lowest BCUT2D eigenvalue weighted by Crippen LogP contribution is -2.14. The van der Waals surface area contributed by atoms with Crippen molar-refractivity contribution in [3.8, 4) is 0 Å². The Kier molecular flexibility index (Phi) is 7.36. The van der Waals surface area contributed by atoms with E-state index in [1.54, 1.807) is 7.11 Å². The van der Waals surface area contributed by atoms with Crippen LogP contribution in [-0.2, 0) is 23.6 Å². The van der Waals surface area contributed by atoms with Crippen molar-refractivity contribution >= 4 is 23.1 Å². The summed E-state index contributed by atoms with van der Waals surface area (Å²) in [6.07, 6.45) is 1.16. The van der Waals surface area contributed by atoms with Crippen molar-refractivity contribution in [1.29, 1.82) is 0 Å². The number of aromatic nitrogens is 1.